The van der Waals surface area contributed by atoms with Gasteiger partial charge >= 0.3 is 30.8 Å². The van der Waals surface area contributed by atoms with Crippen molar-refractivity contribution in [1.29, 1.82) is 0 Å². The maximum absolute atomic E-state index is 12.8. The van der Waals surface area contributed by atoms with Gasteiger partial charge < -0.3 is 30.4 Å². The number of rotatable bonds is 9. The van der Waals surface area contributed by atoms with Gasteiger partial charge in [-0.15, -0.1) is 6.54 Å². The first-order chi connectivity index (χ1) is 18.8. The molecule has 40 heavy (non-hydrogen) atoms. The van der Waals surface area contributed by atoms with Gasteiger partial charge in [-0.1, -0.05) is 17.7 Å². The molecule has 0 fully saturated rings. The second-order valence-corrected chi connectivity index (χ2v) is 9.26. The van der Waals surface area contributed by atoms with E-state index < -0.39 is 17.8 Å². The number of amides is 2. The summed E-state index contributed by atoms with van der Waals surface area (Å²) in [5, 5.41) is 25.6. The van der Waals surface area contributed by atoms with Crippen molar-refractivity contribution in [3.63, 3.8) is 0 Å². The fourth-order valence-corrected chi connectivity index (χ4v) is 4.84. The van der Waals surface area contributed by atoms with Gasteiger partial charge in [-0.3, -0.25) is 14.5 Å². The van der Waals surface area contributed by atoms with Crippen LogP contribution < -0.4 is 28.9 Å². The number of fused-ring (bicyclic) bond motifs is 2. The third-order valence-corrected chi connectivity index (χ3v) is 6.61. The summed E-state index contributed by atoms with van der Waals surface area (Å²) >= 11 is 0. The molecule has 13 heteroatoms. The zero-order chi connectivity index (χ0) is 27.5. The fraction of sp³-hybridized carbons (Fsp3) is 0.259. The zero-order valence-corrected chi connectivity index (χ0v) is 21.7. The summed E-state index contributed by atoms with van der Waals surface area (Å²) in [6.45, 7) is -0.108. The van der Waals surface area contributed by atoms with Crippen LogP contribution in [0.5, 0.6) is 5.75 Å². The number of aryl methyl sites for hydroxylation is 1. The quantitative estimate of drug-likeness (QED) is 0.310. The van der Waals surface area contributed by atoms with Gasteiger partial charge in [0.15, 0.2) is 6.61 Å². The van der Waals surface area contributed by atoms with Crippen LogP contribution in [-0.4, -0.2) is 62.0 Å². The Kier molecular flexibility index (Phi) is 8.84. The number of carbonyl (C=O) groups excluding carboxylic acids is 2. The minimum atomic E-state index is -1.02. The van der Waals surface area contributed by atoms with E-state index in [9.17, 15) is 29.4 Å². The molecule has 0 radical (unpaired) electrons. The van der Waals surface area contributed by atoms with Crippen molar-refractivity contribution in [1.82, 2.24) is 14.9 Å². The Balaban J connectivity index is 0.00000370. The molecular formula is C27H24LiN5O7. The summed E-state index contributed by atoms with van der Waals surface area (Å²) < 4.78 is 5.33. The molecule has 1 aromatic heterocycles. The topological polar surface area (TPSA) is 173 Å². The molecular weight excluding hydrogens is 513 g/mol. The first-order valence-electron chi connectivity index (χ1n) is 12.2. The number of nitrogens with one attached hydrogen (secondary N) is 1. The maximum atomic E-state index is 12.8. The third-order valence-electron chi connectivity index (χ3n) is 6.61. The van der Waals surface area contributed by atoms with Gasteiger partial charge in [-0.2, -0.15) is 0 Å². The molecule has 1 aliphatic carbocycles. The van der Waals surface area contributed by atoms with Gasteiger partial charge in [0.1, 0.15) is 18.0 Å². The minimum absolute atomic E-state index is 0. The number of hydrogen-bond acceptors (Lipinski definition) is 8. The third kappa shape index (κ3) is 6.48. The molecule has 1 atom stereocenters. The Labute approximate surface area is 240 Å². The number of carboxylic acids is 2. The Morgan fingerprint density at radius 3 is 2.70 bits per heavy atom. The van der Waals surface area contributed by atoms with Crippen LogP contribution in [0.25, 0.3) is 5.32 Å². The van der Waals surface area contributed by atoms with Crippen LogP contribution in [0.1, 0.15) is 55.7 Å². The number of aromatic carboxylic acids is 1. The molecule has 12 nitrogen and oxygen atoms in total. The van der Waals surface area contributed by atoms with E-state index in [1.165, 1.54) is 18.5 Å². The summed E-state index contributed by atoms with van der Waals surface area (Å²) in [6.07, 6.45) is 2.50. The van der Waals surface area contributed by atoms with Crippen molar-refractivity contribution in [2.75, 3.05) is 18.5 Å². The standard InChI is InChI=1S/C27H25N5O7.Li/c33-24-13-39-23-6-1-15(7-20(23)31-24)10-28-26(36)21-9-18(29-14-30-21)11-32(12-25(34)35)22-5-3-16-8-17(27(37)38)2-4-19(16)22;/h1-2,4,6-9,14,22H,3,5,10-13H2,(H4,28,31,33,34,35,36,37,38);/q;+1/p-1. The second-order valence-electron chi connectivity index (χ2n) is 9.26. The van der Waals surface area contributed by atoms with Crippen LogP contribution in [0, 0.1) is 0 Å². The van der Waals surface area contributed by atoms with E-state index in [1.54, 1.807) is 35.2 Å². The number of aromatic nitrogens is 2. The molecule has 3 N–H and O–H groups in total. The first-order valence-corrected chi connectivity index (χ1v) is 12.2. The number of benzene rings is 2. The fourth-order valence-electron chi connectivity index (χ4n) is 4.84. The number of carboxylic acid groups (broad SMARTS) is 2. The Bertz CT molecular complexity index is 1480. The van der Waals surface area contributed by atoms with Crippen molar-refractivity contribution >= 4 is 29.4 Å². The van der Waals surface area contributed by atoms with Crippen molar-refractivity contribution in [2.45, 2.75) is 32.0 Å². The average Bonchev–Trinajstić information content (AvgIpc) is 3.34. The van der Waals surface area contributed by atoms with E-state index in [0.717, 1.165) is 11.1 Å². The molecule has 200 valence electrons. The molecule has 5 rings (SSSR count). The van der Waals surface area contributed by atoms with Crippen LogP contribution in [0.4, 0.5) is 5.69 Å². The number of carbonyl (C=O) groups is 4. The molecule has 0 spiro atoms. The molecule has 2 aromatic carbocycles. The van der Waals surface area contributed by atoms with Gasteiger partial charge in [0, 0.05) is 12.6 Å². The summed E-state index contributed by atoms with van der Waals surface area (Å²) in [7, 11) is 0. The zero-order valence-electron chi connectivity index (χ0n) is 21.7. The SMILES string of the molecule is O=C(O)CN(Cc1cc(C(=O)[N-]Cc2ccc3c(c2)NC(=O)CO3)ncn1)C1CCc2cc(C(=O)O)ccc21.[Li+]. The number of nitrogens with zero attached hydrogens (tertiary/aromatic N) is 4. The van der Waals surface area contributed by atoms with Crippen LogP contribution in [0.2, 0.25) is 0 Å². The number of ether oxygens (including phenoxy) is 1. The molecule has 0 bridgehead atoms. The van der Waals surface area contributed by atoms with Crippen molar-refractivity contribution in [3.05, 3.63) is 87.8 Å². The summed E-state index contributed by atoms with van der Waals surface area (Å²) in [6, 6.07) is 11.3. The van der Waals surface area contributed by atoms with Gasteiger partial charge in [-0.25, -0.2) is 14.8 Å². The van der Waals surface area contributed by atoms with Crippen LogP contribution >= 0.6 is 0 Å². The second kappa shape index (κ2) is 12.3. The molecule has 2 heterocycles. The maximum Gasteiger partial charge on any atom is 1.00 e. The largest absolute Gasteiger partial charge is 1.00 e. The molecule has 2 aliphatic rings. The monoisotopic (exact) mass is 537 g/mol. The van der Waals surface area contributed by atoms with E-state index in [0.29, 0.717) is 35.5 Å². The molecule has 3 aromatic rings. The predicted octanol–water partition coefficient (Wildman–Crippen LogP) is -0.202. The van der Waals surface area contributed by atoms with Crippen LogP contribution in [-0.2, 0) is 29.1 Å². The number of hydrogen-bond donors (Lipinski definition) is 3. The number of aliphatic carboxylic acids is 1. The smallest absolute Gasteiger partial charge is 0.644 e. The van der Waals surface area contributed by atoms with Crippen molar-refractivity contribution < 1.29 is 53.0 Å². The van der Waals surface area contributed by atoms with E-state index in [2.05, 4.69) is 20.6 Å². The summed E-state index contributed by atoms with van der Waals surface area (Å²) in [5.41, 5.74) is 3.68. The van der Waals surface area contributed by atoms with E-state index in [4.69, 9.17) is 4.74 Å². The molecule has 2 amide bonds. The minimum Gasteiger partial charge on any atom is -0.644 e. The van der Waals surface area contributed by atoms with Crippen LogP contribution in [0.15, 0.2) is 48.8 Å². The molecule has 0 saturated heterocycles. The van der Waals surface area contributed by atoms with E-state index in [-0.39, 0.29) is 68.3 Å². The predicted molar refractivity (Wildman–Crippen MR) is 137 cm³/mol. The molecule has 1 unspecified atom stereocenters. The average molecular weight is 537 g/mol. The van der Waals surface area contributed by atoms with Crippen molar-refractivity contribution in [2.24, 2.45) is 0 Å². The van der Waals surface area contributed by atoms with Gasteiger partial charge in [0.25, 0.3) is 5.91 Å². The van der Waals surface area contributed by atoms with E-state index in [1.807, 2.05) is 0 Å². The number of anilines is 1. The molecule has 1 aliphatic heterocycles. The van der Waals surface area contributed by atoms with E-state index >= 15 is 0 Å². The Morgan fingerprint density at radius 2 is 1.93 bits per heavy atom. The van der Waals surface area contributed by atoms with Crippen LogP contribution in [0.3, 0.4) is 0 Å². The summed E-state index contributed by atoms with van der Waals surface area (Å²) in [5.74, 6) is -2.31. The van der Waals surface area contributed by atoms with Gasteiger partial charge in [0.05, 0.1) is 29.2 Å². The normalized spacial score (nSPS) is 15.2. The van der Waals surface area contributed by atoms with Crippen molar-refractivity contribution in [3.8, 4) is 5.75 Å². The summed E-state index contributed by atoms with van der Waals surface area (Å²) in [4.78, 5) is 57.3. The molecule has 0 saturated carbocycles. The Hall–Kier alpha value is -4.24. The van der Waals surface area contributed by atoms with Gasteiger partial charge in [-0.05, 0) is 54.3 Å². The van der Waals surface area contributed by atoms with Gasteiger partial charge in [0.2, 0.25) is 0 Å². The Morgan fingerprint density at radius 1 is 1.10 bits per heavy atom. The first kappa shape index (κ1) is 28.8.